The van der Waals surface area contributed by atoms with Crippen molar-refractivity contribution < 1.29 is 4.39 Å². The van der Waals surface area contributed by atoms with Crippen LogP contribution in [-0.2, 0) is 6.54 Å². The van der Waals surface area contributed by atoms with E-state index in [2.05, 4.69) is 15.3 Å². The Balaban J connectivity index is 1.62. The van der Waals surface area contributed by atoms with Gasteiger partial charge >= 0.3 is 0 Å². The molecule has 0 aliphatic heterocycles. The number of rotatable bonds is 5. The predicted molar refractivity (Wildman–Crippen MR) is 68.4 cm³/mol. The van der Waals surface area contributed by atoms with Crippen LogP contribution >= 0.6 is 0 Å². The van der Waals surface area contributed by atoms with Gasteiger partial charge in [0, 0.05) is 0 Å². The second-order valence-electron chi connectivity index (χ2n) is 4.82. The van der Waals surface area contributed by atoms with Crippen LogP contribution in [0.2, 0.25) is 0 Å². The van der Waals surface area contributed by atoms with Gasteiger partial charge in [0.2, 0.25) is 0 Å². The Hall–Kier alpha value is -1.68. The molecule has 18 heavy (non-hydrogen) atoms. The van der Waals surface area contributed by atoms with E-state index < -0.39 is 0 Å². The first-order chi connectivity index (χ1) is 8.81. The lowest BCUT2D eigenvalue weighted by molar-refractivity contribution is 0.623. The SMILES string of the molecule is Fc1ccc(-c2cnc(CNCC3CC3)[nH]2)cc1. The molecule has 1 aromatic carbocycles. The van der Waals surface area contributed by atoms with Gasteiger partial charge in [-0.05, 0) is 55.1 Å². The topological polar surface area (TPSA) is 40.7 Å². The third-order valence-corrected chi connectivity index (χ3v) is 3.21. The van der Waals surface area contributed by atoms with Crippen LogP contribution < -0.4 is 5.32 Å². The van der Waals surface area contributed by atoms with Crippen molar-refractivity contribution in [3.63, 3.8) is 0 Å². The summed E-state index contributed by atoms with van der Waals surface area (Å²) in [5.74, 6) is 1.58. The fourth-order valence-electron chi connectivity index (χ4n) is 1.95. The van der Waals surface area contributed by atoms with E-state index in [1.54, 1.807) is 18.3 Å². The fraction of sp³-hybridized carbons (Fsp3) is 0.357. The first kappa shape index (κ1) is 11.4. The summed E-state index contributed by atoms with van der Waals surface area (Å²) < 4.78 is 12.8. The highest BCUT2D eigenvalue weighted by Gasteiger charge is 2.20. The maximum Gasteiger partial charge on any atom is 0.123 e. The molecule has 0 unspecified atom stereocenters. The van der Waals surface area contributed by atoms with Gasteiger partial charge in [-0.15, -0.1) is 0 Å². The summed E-state index contributed by atoms with van der Waals surface area (Å²) in [6.07, 6.45) is 4.50. The van der Waals surface area contributed by atoms with Gasteiger partial charge < -0.3 is 10.3 Å². The Morgan fingerprint density at radius 1 is 1.28 bits per heavy atom. The van der Waals surface area contributed by atoms with Gasteiger partial charge in [0.15, 0.2) is 0 Å². The number of aromatic nitrogens is 2. The van der Waals surface area contributed by atoms with E-state index in [1.165, 1.54) is 25.0 Å². The van der Waals surface area contributed by atoms with Crippen molar-refractivity contribution >= 4 is 0 Å². The summed E-state index contributed by atoms with van der Waals surface area (Å²) in [6.45, 7) is 1.84. The van der Waals surface area contributed by atoms with Gasteiger partial charge in [-0.25, -0.2) is 9.37 Å². The van der Waals surface area contributed by atoms with Crippen LogP contribution in [0.4, 0.5) is 4.39 Å². The van der Waals surface area contributed by atoms with Crippen molar-refractivity contribution in [3.8, 4) is 11.3 Å². The molecule has 0 saturated heterocycles. The van der Waals surface area contributed by atoms with E-state index in [0.29, 0.717) is 0 Å². The molecule has 3 nitrogen and oxygen atoms in total. The Bertz CT molecular complexity index is 514. The minimum absolute atomic E-state index is 0.218. The Morgan fingerprint density at radius 2 is 2.06 bits per heavy atom. The van der Waals surface area contributed by atoms with Crippen molar-refractivity contribution in [1.29, 1.82) is 0 Å². The van der Waals surface area contributed by atoms with Crippen LogP contribution in [0, 0.1) is 11.7 Å². The molecule has 94 valence electrons. The minimum Gasteiger partial charge on any atom is -0.341 e. The molecule has 1 heterocycles. The summed E-state index contributed by atoms with van der Waals surface area (Å²) in [6, 6.07) is 6.43. The number of nitrogens with zero attached hydrogens (tertiary/aromatic N) is 1. The lowest BCUT2D eigenvalue weighted by Crippen LogP contribution is -2.16. The standard InChI is InChI=1S/C14H16FN3/c15-12-5-3-11(4-6-12)13-8-17-14(18-13)9-16-7-10-1-2-10/h3-6,8,10,16H,1-2,7,9H2,(H,17,18). The summed E-state index contributed by atoms with van der Waals surface area (Å²) in [5, 5.41) is 3.38. The van der Waals surface area contributed by atoms with Gasteiger partial charge in [-0.3, -0.25) is 0 Å². The Labute approximate surface area is 105 Å². The maximum absolute atomic E-state index is 12.8. The van der Waals surface area contributed by atoms with Gasteiger partial charge in [0.05, 0.1) is 18.4 Å². The maximum atomic E-state index is 12.8. The largest absolute Gasteiger partial charge is 0.341 e. The highest BCUT2D eigenvalue weighted by molar-refractivity contribution is 5.58. The third kappa shape index (κ3) is 2.76. The molecule has 1 aromatic heterocycles. The monoisotopic (exact) mass is 245 g/mol. The number of halogens is 1. The smallest absolute Gasteiger partial charge is 0.123 e. The first-order valence-electron chi connectivity index (χ1n) is 6.32. The summed E-state index contributed by atoms with van der Waals surface area (Å²) >= 11 is 0. The lowest BCUT2D eigenvalue weighted by Gasteiger charge is -2.00. The normalized spacial score (nSPS) is 14.9. The molecule has 1 aliphatic rings. The van der Waals surface area contributed by atoms with Gasteiger partial charge in [-0.2, -0.15) is 0 Å². The van der Waals surface area contributed by atoms with Gasteiger partial charge in [0.1, 0.15) is 11.6 Å². The molecule has 0 spiro atoms. The van der Waals surface area contributed by atoms with Gasteiger partial charge in [0.25, 0.3) is 0 Å². The molecule has 1 fully saturated rings. The highest BCUT2D eigenvalue weighted by atomic mass is 19.1. The molecular weight excluding hydrogens is 229 g/mol. The van der Waals surface area contributed by atoms with Crippen molar-refractivity contribution in [2.45, 2.75) is 19.4 Å². The summed E-state index contributed by atoms with van der Waals surface area (Å²) in [7, 11) is 0. The Morgan fingerprint density at radius 3 is 2.78 bits per heavy atom. The second kappa shape index (κ2) is 4.90. The van der Waals surface area contributed by atoms with Crippen LogP contribution in [0.25, 0.3) is 11.3 Å². The molecule has 1 saturated carbocycles. The average Bonchev–Trinajstić information content (AvgIpc) is 3.08. The Kier molecular flexibility index (Phi) is 3.11. The average molecular weight is 245 g/mol. The molecule has 0 radical (unpaired) electrons. The molecule has 0 bridgehead atoms. The van der Waals surface area contributed by atoms with Crippen LogP contribution in [0.5, 0.6) is 0 Å². The van der Waals surface area contributed by atoms with E-state index in [1.807, 2.05) is 0 Å². The number of nitrogens with one attached hydrogen (secondary N) is 2. The quantitative estimate of drug-likeness (QED) is 0.850. The van der Waals surface area contributed by atoms with E-state index in [9.17, 15) is 4.39 Å². The second-order valence-corrected chi connectivity index (χ2v) is 4.82. The highest BCUT2D eigenvalue weighted by Crippen LogP contribution is 2.27. The number of hydrogen-bond acceptors (Lipinski definition) is 2. The number of benzene rings is 1. The van der Waals surface area contributed by atoms with E-state index >= 15 is 0 Å². The number of aromatic amines is 1. The van der Waals surface area contributed by atoms with E-state index in [4.69, 9.17) is 0 Å². The van der Waals surface area contributed by atoms with Crippen LogP contribution in [0.3, 0.4) is 0 Å². The molecule has 2 N–H and O–H groups in total. The van der Waals surface area contributed by atoms with Crippen molar-refractivity contribution in [2.24, 2.45) is 5.92 Å². The van der Waals surface area contributed by atoms with E-state index in [0.717, 1.165) is 36.1 Å². The molecule has 3 rings (SSSR count). The number of imidazole rings is 1. The van der Waals surface area contributed by atoms with Crippen LogP contribution in [0.15, 0.2) is 30.5 Å². The van der Waals surface area contributed by atoms with Crippen molar-refractivity contribution in [1.82, 2.24) is 15.3 Å². The molecule has 0 atom stereocenters. The predicted octanol–water partition coefficient (Wildman–Crippen LogP) is 2.72. The zero-order valence-electron chi connectivity index (χ0n) is 10.1. The molecular formula is C14H16FN3. The van der Waals surface area contributed by atoms with Crippen LogP contribution in [-0.4, -0.2) is 16.5 Å². The van der Waals surface area contributed by atoms with Crippen molar-refractivity contribution in [3.05, 3.63) is 42.1 Å². The number of hydrogen-bond donors (Lipinski definition) is 2. The summed E-state index contributed by atoms with van der Waals surface area (Å²) in [5.41, 5.74) is 1.88. The molecule has 1 aliphatic carbocycles. The first-order valence-corrected chi connectivity index (χ1v) is 6.32. The minimum atomic E-state index is -0.218. The van der Waals surface area contributed by atoms with Crippen LogP contribution in [0.1, 0.15) is 18.7 Å². The third-order valence-electron chi connectivity index (χ3n) is 3.21. The molecule has 0 amide bonds. The number of H-pyrrole nitrogens is 1. The van der Waals surface area contributed by atoms with E-state index in [-0.39, 0.29) is 5.82 Å². The fourth-order valence-corrected chi connectivity index (χ4v) is 1.95. The zero-order valence-corrected chi connectivity index (χ0v) is 10.1. The van der Waals surface area contributed by atoms with Crippen molar-refractivity contribution in [2.75, 3.05) is 6.54 Å². The lowest BCUT2D eigenvalue weighted by atomic mass is 10.2. The molecule has 2 aromatic rings. The molecule has 4 heteroatoms. The van der Waals surface area contributed by atoms with Gasteiger partial charge in [-0.1, -0.05) is 0 Å². The summed E-state index contributed by atoms with van der Waals surface area (Å²) in [4.78, 5) is 7.57. The zero-order chi connectivity index (χ0) is 12.4.